The van der Waals surface area contributed by atoms with E-state index in [1.54, 1.807) is 0 Å². The van der Waals surface area contributed by atoms with Gasteiger partial charge in [0.2, 0.25) is 11.8 Å². The maximum Gasteiger partial charge on any atom is 0.407 e. The molecule has 5 aromatic rings. The average Bonchev–Trinajstić information content (AvgIpc) is 4.15. The highest BCUT2D eigenvalue weighted by molar-refractivity contribution is 5.90. The van der Waals surface area contributed by atoms with Gasteiger partial charge in [0, 0.05) is 13.1 Å². The lowest BCUT2D eigenvalue weighted by molar-refractivity contribution is -0.136. The van der Waals surface area contributed by atoms with Gasteiger partial charge in [-0.25, -0.2) is 19.6 Å². The predicted octanol–water partition coefficient (Wildman–Crippen LogP) is 8.62. The number of alkyl carbamates (subject to hydrolysis) is 2. The Morgan fingerprint density at radius 3 is 1.62 bits per heavy atom. The molecule has 3 fully saturated rings. The van der Waals surface area contributed by atoms with Crippen LogP contribution in [0, 0.1) is 11.8 Å². The summed E-state index contributed by atoms with van der Waals surface area (Å²) in [6.45, 7) is 8.89. The van der Waals surface area contributed by atoms with Gasteiger partial charge in [-0.1, -0.05) is 64.8 Å². The van der Waals surface area contributed by atoms with Gasteiger partial charge in [-0.15, -0.1) is 0 Å². The van der Waals surface area contributed by atoms with Gasteiger partial charge in [-0.2, -0.15) is 0 Å². The van der Waals surface area contributed by atoms with Crippen molar-refractivity contribution in [2.45, 2.75) is 121 Å². The Morgan fingerprint density at radius 2 is 1.14 bits per heavy atom. The molecule has 2 aliphatic heterocycles. The average molecular weight is 857 g/mol. The molecule has 14 nitrogen and oxygen atoms in total. The highest BCUT2D eigenvalue weighted by Gasteiger charge is 2.44. The van der Waals surface area contributed by atoms with Crippen molar-refractivity contribution in [2.24, 2.45) is 11.8 Å². The molecule has 4 amide bonds. The Labute approximate surface area is 368 Å². The topological polar surface area (TPSA) is 175 Å². The highest BCUT2D eigenvalue weighted by Crippen LogP contribution is 2.55. The number of fused-ring (bicyclic) bond motifs is 4. The first-order valence-corrected chi connectivity index (χ1v) is 22.9. The SMILES string of the molecule is COC(=O)N[C@H](C(=O)N1CCCC1c1nc2ccc(-c3ccc(-c4ccc5nc([C@@H]6CCCN6C(=O)[C@@H](NC(=O)OC)C(C)C)[nH]c5c4)c4c3C3(CCCC3)CC4)cc2[nH]1)C(C)C. The van der Waals surface area contributed by atoms with Crippen LogP contribution in [0.3, 0.4) is 0 Å². The molecule has 1 unspecified atom stereocenters. The number of nitrogens with zero attached hydrogens (tertiary/aromatic N) is 4. The molecule has 4 atom stereocenters. The van der Waals surface area contributed by atoms with Crippen molar-refractivity contribution in [1.82, 2.24) is 40.4 Å². The van der Waals surface area contributed by atoms with E-state index < -0.39 is 24.3 Å². The van der Waals surface area contributed by atoms with E-state index in [2.05, 4.69) is 69.1 Å². The van der Waals surface area contributed by atoms with E-state index in [9.17, 15) is 19.2 Å². The number of carbonyl (C=O) groups excluding carboxylic acids is 4. The Balaban J connectivity index is 1.02. The number of H-pyrrole nitrogens is 2. The number of rotatable bonds is 10. The van der Waals surface area contributed by atoms with Gasteiger partial charge >= 0.3 is 12.2 Å². The fraction of sp³-hybridized carbons (Fsp3) is 0.510. The van der Waals surface area contributed by atoms with Crippen molar-refractivity contribution in [1.29, 1.82) is 0 Å². The van der Waals surface area contributed by atoms with Gasteiger partial charge in [0.05, 0.1) is 48.4 Å². The minimum atomic E-state index is -0.692. The van der Waals surface area contributed by atoms with Crippen molar-refractivity contribution in [2.75, 3.05) is 27.3 Å². The molecule has 4 aliphatic rings. The van der Waals surface area contributed by atoms with Crippen LogP contribution in [0.15, 0.2) is 48.5 Å². The van der Waals surface area contributed by atoms with Crippen molar-refractivity contribution >= 4 is 46.1 Å². The maximum absolute atomic E-state index is 13.8. The summed E-state index contributed by atoms with van der Waals surface area (Å²) in [4.78, 5) is 72.9. The van der Waals surface area contributed by atoms with E-state index in [-0.39, 0.29) is 41.1 Å². The Hall–Kier alpha value is -5.92. The monoisotopic (exact) mass is 856 g/mol. The zero-order valence-corrected chi connectivity index (χ0v) is 37.3. The number of likely N-dealkylation sites (tertiary alicyclic amines) is 2. The molecular weight excluding hydrogens is 797 g/mol. The maximum atomic E-state index is 13.8. The zero-order valence-electron chi connectivity index (χ0n) is 37.3. The molecule has 2 saturated heterocycles. The van der Waals surface area contributed by atoms with Crippen molar-refractivity contribution in [3.8, 4) is 22.3 Å². The molecule has 1 saturated carbocycles. The van der Waals surface area contributed by atoms with Crippen LogP contribution in [0.1, 0.15) is 120 Å². The molecule has 14 heteroatoms. The fourth-order valence-electron chi connectivity index (χ4n) is 11.2. The van der Waals surface area contributed by atoms with Crippen LogP contribution in [-0.4, -0.2) is 93.1 Å². The van der Waals surface area contributed by atoms with E-state index in [1.807, 2.05) is 37.5 Å². The third kappa shape index (κ3) is 7.69. The first-order valence-electron chi connectivity index (χ1n) is 22.9. The van der Waals surface area contributed by atoms with Crippen molar-refractivity contribution < 1.29 is 28.7 Å². The number of imidazole rings is 2. The molecule has 0 radical (unpaired) electrons. The standard InChI is InChI=1S/C49H60N8O6/c1-27(2)41(54-47(60)62-5)45(58)56-23-9-11-38(56)43-50-34-17-13-29(25-36(34)52-43)31-15-16-32(40-33(31)19-22-49(40)20-7-8-21-49)30-14-18-35-37(26-30)53-44(51-35)39-12-10-24-57(39)46(59)42(28(3)4)55-48(61)63-6/h13-18,25-28,38-39,41-42H,7-12,19-24H2,1-6H3,(H,50,52)(H,51,53)(H,54,60)(H,55,61)/t38-,39?,41-,42-/m0/s1. The number of aromatic amines is 2. The van der Waals surface area contributed by atoms with Crippen LogP contribution in [0.5, 0.6) is 0 Å². The number of amides is 4. The molecule has 1 spiro atoms. The summed E-state index contributed by atoms with van der Waals surface area (Å²) in [5.41, 5.74) is 11.5. The molecule has 332 valence electrons. The molecule has 2 aromatic heterocycles. The number of aromatic nitrogens is 4. The fourth-order valence-corrected chi connectivity index (χ4v) is 11.2. The van der Waals surface area contributed by atoms with Crippen LogP contribution >= 0.6 is 0 Å². The number of ether oxygens (including phenoxy) is 2. The van der Waals surface area contributed by atoms with Crippen LogP contribution in [0.2, 0.25) is 0 Å². The second-order valence-electron chi connectivity index (χ2n) is 18.8. The molecule has 2 aliphatic carbocycles. The minimum Gasteiger partial charge on any atom is -0.453 e. The number of methoxy groups -OCH3 is 2. The third-order valence-corrected chi connectivity index (χ3v) is 14.4. The Morgan fingerprint density at radius 1 is 0.667 bits per heavy atom. The van der Waals surface area contributed by atoms with Gasteiger partial charge in [0.1, 0.15) is 23.7 Å². The minimum absolute atomic E-state index is 0.108. The molecule has 9 rings (SSSR count). The second-order valence-corrected chi connectivity index (χ2v) is 18.8. The normalized spacial score (nSPS) is 20.3. The molecule has 3 aromatic carbocycles. The summed E-state index contributed by atoms with van der Waals surface area (Å²) in [7, 11) is 2.61. The summed E-state index contributed by atoms with van der Waals surface area (Å²) in [6, 6.07) is 15.8. The first-order chi connectivity index (χ1) is 30.4. The van der Waals surface area contributed by atoms with E-state index in [1.165, 1.54) is 62.2 Å². The van der Waals surface area contributed by atoms with Crippen molar-refractivity contribution in [3.05, 3.63) is 71.3 Å². The number of nitrogens with one attached hydrogen (secondary N) is 4. The summed E-state index contributed by atoms with van der Waals surface area (Å²) >= 11 is 0. The lowest BCUT2D eigenvalue weighted by Crippen LogP contribution is -2.51. The Bertz CT molecular complexity index is 2570. The van der Waals surface area contributed by atoms with E-state index in [0.717, 1.165) is 83.4 Å². The Kier molecular flexibility index (Phi) is 11.4. The lowest BCUT2D eigenvalue weighted by atomic mass is 9.76. The summed E-state index contributed by atoms with van der Waals surface area (Å²) < 4.78 is 9.65. The van der Waals surface area contributed by atoms with Crippen molar-refractivity contribution in [3.63, 3.8) is 0 Å². The third-order valence-electron chi connectivity index (χ3n) is 14.4. The number of hydrogen-bond acceptors (Lipinski definition) is 8. The molecule has 63 heavy (non-hydrogen) atoms. The number of benzene rings is 3. The van der Waals surface area contributed by atoms with Gasteiger partial charge in [0.15, 0.2) is 0 Å². The summed E-state index contributed by atoms with van der Waals surface area (Å²) in [6.07, 6.45) is 9.06. The molecule has 0 bridgehead atoms. The van der Waals surface area contributed by atoms with Crippen LogP contribution in [-0.2, 0) is 30.9 Å². The van der Waals surface area contributed by atoms with Gasteiger partial charge in [-0.3, -0.25) is 9.59 Å². The molecule has 4 N–H and O–H groups in total. The van der Waals surface area contributed by atoms with Gasteiger partial charge in [0.25, 0.3) is 0 Å². The number of hydrogen-bond donors (Lipinski definition) is 4. The van der Waals surface area contributed by atoms with Crippen LogP contribution in [0.25, 0.3) is 44.3 Å². The quantitative estimate of drug-likeness (QED) is 0.108. The highest BCUT2D eigenvalue weighted by atomic mass is 16.5. The van der Waals surface area contributed by atoms with Crippen LogP contribution < -0.4 is 10.6 Å². The van der Waals surface area contributed by atoms with Crippen LogP contribution in [0.4, 0.5) is 9.59 Å². The predicted molar refractivity (Wildman–Crippen MR) is 241 cm³/mol. The molecule has 4 heterocycles. The van der Waals surface area contributed by atoms with Gasteiger partial charge < -0.3 is 39.9 Å². The largest absolute Gasteiger partial charge is 0.453 e. The summed E-state index contributed by atoms with van der Waals surface area (Å²) in [5.74, 6) is 1.06. The van der Waals surface area contributed by atoms with E-state index in [4.69, 9.17) is 19.4 Å². The van der Waals surface area contributed by atoms with E-state index >= 15 is 0 Å². The first kappa shape index (κ1) is 42.4. The smallest absolute Gasteiger partial charge is 0.407 e. The molecular formula is C49H60N8O6. The zero-order chi connectivity index (χ0) is 44.2. The number of carbonyl (C=O) groups is 4. The second kappa shape index (κ2) is 17.0. The summed E-state index contributed by atoms with van der Waals surface area (Å²) in [5, 5.41) is 5.49. The lowest BCUT2D eigenvalue weighted by Gasteiger charge is -2.29. The van der Waals surface area contributed by atoms with E-state index in [0.29, 0.717) is 13.1 Å². The van der Waals surface area contributed by atoms with Gasteiger partial charge in [-0.05, 0) is 126 Å².